The van der Waals surface area contributed by atoms with Crippen molar-refractivity contribution in [2.45, 2.75) is 6.42 Å². The highest BCUT2D eigenvalue weighted by atomic mass is 16.5. The van der Waals surface area contributed by atoms with Crippen molar-refractivity contribution in [1.29, 1.82) is 5.26 Å². The lowest BCUT2D eigenvalue weighted by Crippen LogP contribution is -2.06. The lowest BCUT2D eigenvalue weighted by atomic mass is 10.0. The van der Waals surface area contributed by atoms with Crippen molar-refractivity contribution < 1.29 is 9.53 Å². The van der Waals surface area contributed by atoms with E-state index in [1.54, 1.807) is 18.2 Å². The zero-order chi connectivity index (χ0) is 11.3. The van der Waals surface area contributed by atoms with Crippen molar-refractivity contribution in [1.82, 2.24) is 0 Å². The lowest BCUT2D eigenvalue weighted by Gasteiger charge is -2.04. The summed E-state index contributed by atoms with van der Waals surface area (Å²) in [5.74, 6) is -0.442. The molecule has 15 heavy (non-hydrogen) atoms. The molecule has 0 N–H and O–H groups in total. The molecule has 0 amide bonds. The first-order chi connectivity index (χ1) is 7.19. The van der Waals surface area contributed by atoms with Gasteiger partial charge in [0.05, 0.1) is 18.7 Å². The fraction of sp³-hybridized carbons (Fsp3) is 0.167. The first-order valence-corrected chi connectivity index (χ1v) is 4.43. The number of ether oxygens (including phenoxy) is 1. The van der Waals surface area contributed by atoms with Crippen molar-refractivity contribution >= 4 is 5.97 Å². The Morgan fingerprint density at radius 1 is 1.53 bits per heavy atom. The summed E-state index contributed by atoms with van der Waals surface area (Å²) in [5, 5.41) is 8.83. The van der Waals surface area contributed by atoms with Crippen LogP contribution < -0.4 is 0 Å². The molecule has 0 atom stereocenters. The van der Waals surface area contributed by atoms with E-state index in [0.29, 0.717) is 17.6 Å². The van der Waals surface area contributed by atoms with E-state index in [-0.39, 0.29) is 0 Å². The maximum Gasteiger partial charge on any atom is 0.333 e. The van der Waals surface area contributed by atoms with Gasteiger partial charge in [-0.05, 0) is 11.6 Å². The third kappa shape index (κ3) is 2.68. The number of carbonyl (C=O) groups is 1. The largest absolute Gasteiger partial charge is 0.466 e. The monoisotopic (exact) mass is 201 g/mol. The normalized spacial score (nSPS) is 9.07. The van der Waals surface area contributed by atoms with Crippen LogP contribution in [0.3, 0.4) is 0 Å². The van der Waals surface area contributed by atoms with E-state index in [1.807, 2.05) is 6.07 Å². The maximum atomic E-state index is 11.1. The molecular formula is C12H11NO2. The van der Waals surface area contributed by atoms with E-state index in [1.165, 1.54) is 7.11 Å². The zero-order valence-electron chi connectivity index (χ0n) is 8.49. The van der Waals surface area contributed by atoms with Crippen LogP contribution in [0.25, 0.3) is 0 Å². The second-order valence-electron chi connectivity index (χ2n) is 3.04. The molecule has 76 valence electrons. The van der Waals surface area contributed by atoms with E-state index >= 15 is 0 Å². The summed E-state index contributed by atoms with van der Waals surface area (Å²) in [5.41, 5.74) is 1.69. The number of carbonyl (C=O) groups excluding carboxylic acids is 1. The molecule has 0 radical (unpaired) electrons. The quantitative estimate of drug-likeness (QED) is 0.553. The van der Waals surface area contributed by atoms with E-state index in [4.69, 9.17) is 5.26 Å². The molecule has 0 unspecified atom stereocenters. The number of benzene rings is 1. The summed E-state index contributed by atoms with van der Waals surface area (Å²) in [6, 6.07) is 9.17. The number of nitrogens with zero attached hydrogens (tertiary/aromatic N) is 1. The van der Waals surface area contributed by atoms with Crippen LogP contribution in [0.15, 0.2) is 36.4 Å². The smallest absolute Gasteiger partial charge is 0.333 e. The molecule has 0 saturated heterocycles. The second-order valence-corrected chi connectivity index (χ2v) is 3.04. The molecule has 1 aromatic carbocycles. The molecule has 0 heterocycles. The fourth-order valence-electron chi connectivity index (χ4n) is 1.23. The van der Waals surface area contributed by atoms with Crippen LogP contribution in [-0.4, -0.2) is 13.1 Å². The number of rotatable bonds is 3. The minimum Gasteiger partial charge on any atom is -0.466 e. The lowest BCUT2D eigenvalue weighted by molar-refractivity contribution is -0.136. The summed E-state index contributed by atoms with van der Waals surface area (Å²) in [6.45, 7) is 3.61. The van der Waals surface area contributed by atoms with Gasteiger partial charge in [-0.25, -0.2) is 4.79 Å². The third-order valence-corrected chi connectivity index (χ3v) is 2.02. The van der Waals surface area contributed by atoms with E-state index in [9.17, 15) is 4.79 Å². The number of esters is 1. The van der Waals surface area contributed by atoms with Gasteiger partial charge in [0.25, 0.3) is 0 Å². The van der Waals surface area contributed by atoms with Gasteiger partial charge < -0.3 is 4.74 Å². The highest BCUT2D eigenvalue weighted by Crippen LogP contribution is 2.12. The molecular weight excluding hydrogens is 190 g/mol. The van der Waals surface area contributed by atoms with Crippen LogP contribution in [-0.2, 0) is 16.0 Å². The minimum atomic E-state index is -0.442. The molecule has 0 saturated carbocycles. The van der Waals surface area contributed by atoms with Crippen LogP contribution >= 0.6 is 0 Å². The van der Waals surface area contributed by atoms with Gasteiger partial charge in [-0.2, -0.15) is 5.26 Å². The minimum absolute atomic E-state index is 0.344. The molecule has 1 rings (SSSR count). The first-order valence-electron chi connectivity index (χ1n) is 4.43. The van der Waals surface area contributed by atoms with Crippen LogP contribution in [0.5, 0.6) is 0 Å². The van der Waals surface area contributed by atoms with Gasteiger partial charge in [-0.15, -0.1) is 0 Å². The van der Waals surface area contributed by atoms with Gasteiger partial charge in [-0.1, -0.05) is 24.8 Å². The Bertz CT molecular complexity index is 429. The molecule has 0 bridgehead atoms. The van der Waals surface area contributed by atoms with E-state index in [0.717, 1.165) is 5.56 Å². The van der Waals surface area contributed by atoms with Gasteiger partial charge in [-0.3, -0.25) is 0 Å². The summed E-state index contributed by atoms with van der Waals surface area (Å²) in [7, 11) is 1.31. The summed E-state index contributed by atoms with van der Waals surface area (Å²) in [4.78, 5) is 11.1. The maximum absolute atomic E-state index is 11.1. The number of nitriles is 1. The Hall–Kier alpha value is -2.08. The molecule has 0 aliphatic heterocycles. The second kappa shape index (κ2) is 4.97. The van der Waals surface area contributed by atoms with Gasteiger partial charge in [0.1, 0.15) is 0 Å². The van der Waals surface area contributed by atoms with E-state index < -0.39 is 5.97 Å². The SMILES string of the molecule is C=C(Cc1ccccc1C#N)C(=O)OC. The van der Waals surface area contributed by atoms with Crippen molar-refractivity contribution in [3.63, 3.8) is 0 Å². The molecule has 3 heteroatoms. The Morgan fingerprint density at radius 2 is 2.20 bits per heavy atom. The van der Waals surface area contributed by atoms with E-state index in [2.05, 4.69) is 17.4 Å². The Labute approximate surface area is 88.6 Å². The van der Waals surface area contributed by atoms with Crippen molar-refractivity contribution in [2.24, 2.45) is 0 Å². The molecule has 0 aromatic heterocycles. The van der Waals surface area contributed by atoms with Gasteiger partial charge in [0.2, 0.25) is 0 Å². The Kier molecular flexibility index (Phi) is 3.64. The van der Waals surface area contributed by atoms with Crippen molar-refractivity contribution in [2.75, 3.05) is 7.11 Å². The predicted molar refractivity (Wildman–Crippen MR) is 56.0 cm³/mol. The van der Waals surface area contributed by atoms with Crippen molar-refractivity contribution in [3.05, 3.63) is 47.5 Å². The standard InChI is InChI=1S/C12H11NO2/c1-9(12(14)15-2)7-10-5-3-4-6-11(10)8-13/h3-6H,1,7H2,2H3. The molecule has 1 aromatic rings. The predicted octanol–water partition coefficient (Wildman–Crippen LogP) is 1.83. The van der Waals surface area contributed by atoms with Crippen LogP contribution in [0.2, 0.25) is 0 Å². The Morgan fingerprint density at radius 3 is 2.80 bits per heavy atom. The number of hydrogen-bond donors (Lipinski definition) is 0. The van der Waals surface area contributed by atoms with Crippen LogP contribution in [0.4, 0.5) is 0 Å². The topological polar surface area (TPSA) is 50.1 Å². The van der Waals surface area contributed by atoms with Crippen LogP contribution in [0, 0.1) is 11.3 Å². The van der Waals surface area contributed by atoms with Crippen LogP contribution in [0.1, 0.15) is 11.1 Å². The highest BCUT2D eigenvalue weighted by Gasteiger charge is 2.09. The highest BCUT2D eigenvalue weighted by molar-refractivity contribution is 5.88. The first kappa shape index (κ1) is 11.0. The van der Waals surface area contributed by atoms with Gasteiger partial charge in [0.15, 0.2) is 0 Å². The third-order valence-electron chi connectivity index (χ3n) is 2.02. The molecule has 3 nitrogen and oxygen atoms in total. The number of methoxy groups -OCH3 is 1. The Balaban J connectivity index is 2.86. The fourth-order valence-corrected chi connectivity index (χ4v) is 1.23. The average Bonchev–Trinajstić information content (AvgIpc) is 2.28. The van der Waals surface area contributed by atoms with Gasteiger partial charge in [0, 0.05) is 12.0 Å². The molecule has 0 fully saturated rings. The molecule has 0 aliphatic rings. The van der Waals surface area contributed by atoms with Crippen molar-refractivity contribution in [3.8, 4) is 6.07 Å². The molecule has 0 aliphatic carbocycles. The zero-order valence-corrected chi connectivity index (χ0v) is 8.49. The molecule has 0 spiro atoms. The summed E-state index contributed by atoms with van der Waals surface area (Å²) >= 11 is 0. The summed E-state index contributed by atoms with van der Waals surface area (Å²) in [6.07, 6.45) is 0.344. The van der Waals surface area contributed by atoms with Gasteiger partial charge >= 0.3 is 5.97 Å². The summed E-state index contributed by atoms with van der Waals surface area (Å²) < 4.78 is 4.54. The average molecular weight is 201 g/mol. The number of hydrogen-bond acceptors (Lipinski definition) is 3.